The van der Waals surface area contributed by atoms with Crippen LogP contribution in [0.5, 0.6) is 11.5 Å². The largest absolute Gasteiger partial charge is 0.497 e. The van der Waals surface area contributed by atoms with Crippen molar-refractivity contribution >= 4 is 16.9 Å². The lowest BCUT2D eigenvalue weighted by molar-refractivity contribution is -0.369. The summed E-state index contributed by atoms with van der Waals surface area (Å²) in [4.78, 5) is 25.5. The summed E-state index contributed by atoms with van der Waals surface area (Å²) in [6.45, 7) is 4.04. The number of alkyl halides is 11. The predicted octanol–water partition coefficient (Wildman–Crippen LogP) is 8.60. The molecule has 8 nitrogen and oxygen atoms in total. The summed E-state index contributed by atoms with van der Waals surface area (Å²) in [5.41, 5.74) is 3.95. The third kappa shape index (κ3) is 9.04. The zero-order chi connectivity index (χ0) is 41.5. The third-order valence-corrected chi connectivity index (χ3v) is 8.86. The van der Waals surface area contributed by atoms with E-state index in [1.54, 1.807) is 0 Å². The number of esters is 1. The maximum atomic E-state index is 14.6. The van der Waals surface area contributed by atoms with Crippen LogP contribution in [0, 0.1) is 5.41 Å². The minimum absolute atomic E-state index is 0.00453. The van der Waals surface area contributed by atoms with Gasteiger partial charge in [0.25, 0.3) is 0 Å². The normalized spacial score (nSPS) is 14.9. The van der Waals surface area contributed by atoms with Gasteiger partial charge in [-0.15, -0.1) is 0 Å². The third-order valence-electron chi connectivity index (χ3n) is 8.86. The van der Waals surface area contributed by atoms with E-state index < -0.39 is 106 Å². The smallest absolute Gasteiger partial charge is 0.417 e. The number of hydrogen-bond acceptors (Lipinski definition) is 8. The van der Waals surface area contributed by atoms with Gasteiger partial charge in [-0.1, -0.05) is 0 Å². The molecule has 0 aliphatic heterocycles. The highest BCUT2D eigenvalue weighted by Gasteiger charge is 2.79. The van der Waals surface area contributed by atoms with E-state index in [1.165, 1.54) is 40.7 Å². The van der Waals surface area contributed by atoms with Gasteiger partial charge >= 0.3 is 41.5 Å². The van der Waals surface area contributed by atoms with Crippen molar-refractivity contribution in [3.8, 4) is 22.6 Å². The fourth-order valence-corrected chi connectivity index (χ4v) is 5.46. The Morgan fingerprint density at radius 3 is 1.76 bits per heavy atom. The molecule has 0 saturated heterocycles. The molecule has 0 saturated carbocycles. The lowest BCUT2D eigenvalue weighted by atomic mass is 9.67. The molecule has 0 aliphatic rings. The van der Waals surface area contributed by atoms with Crippen molar-refractivity contribution in [3.05, 3.63) is 58.4 Å². The molecule has 2 aromatic carbocycles. The van der Waals surface area contributed by atoms with Gasteiger partial charge < -0.3 is 30.1 Å². The van der Waals surface area contributed by atoms with Gasteiger partial charge in [-0.3, -0.25) is 4.79 Å². The molecular formula is C35H39F11N2O6. The summed E-state index contributed by atoms with van der Waals surface area (Å²) in [5, 5.41) is 0.00453. The first-order chi connectivity index (χ1) is 24.3. The van der Waals surface area contributed by atoms with Crippen molar-refractivity contribution in [3.63, 3.8) is 0 Å². The Hall–Kier alpha value is -4.13. The van der Waals surface area contributed by atoms with E-state index in [2.05, 4.69) is 0 Å². The van der Waals surface area contributed by atoms with E-state index in [4.69, 9.17) is 30.1 Å². The molecule has 1 atom stereocenters. The summed E-state index contributed by atoms with van der Waals surface area (Å²) in [7, 11) is 1.13. The number of ether oxygens (including phenoxy) is 3. The first kappa shape index (κ1) is 44.3. The zero-order valence-electron chi connectivity index (χ0n) is 29.8. The molecule has 3 rings (SSSR count). The molecule has 0 radical (unpaired) electrons. The maximum Gasteiger partial charge on any atom is 0.417 e. The summed E-state index contributed by atoms with van der Waals surface area (Å²) < 4.78 is 177. The highest BCUT2D eigenvalue weighted by molar-refractivity contribution is 5.83. The highest BCUT2D eigenvalue weighted by Crippen LogP contribution is 2.54. The fourth-order valence-electron chi connectivity index (χ4n) is 5.46. The Bertz CT molecular complexity index is 1880. The topological polar surface area (TPSA) is 127 Å². The summed E-state index contributed by atoms with van der Waals surface area (Å²) in [5.74, 6) is -26.8. The van der Waals surface area contributed by atoms with Crippen molar-refractivity contribution in [2.75, 3.05) is 20.3 Å². The van der Waals surface area contributed by atoms with Gasteiger partial charge in [0.2, 0.25) is 0 Å². The number of rotatable bonds is 16. The standard InChI is InChI=1S/C35H39F11N2O6/c1-28(2,47)18-30(5,29(3,4)48)27(50)53-14-12-32(38,39)35(45,46)34(43,44)31(36,37)11-13-52-21-8-7-19-15-23(26(49)54-25(19)17-21)22-10-9-20(51-6)16-24(22)33(40,41)42/h7-10,15-17H,11-14,18,47-48H2,1-6H3. The number of nitrogens with two attached hydrogens (primary N) is 2. The predicted molar refractivity (Wildman–Crippen MR) is 174 cm³/mol. The molecule has 302 valence electrons. The van der Waals surface area contributed by atoms with Gasteiger partial charge in [0.15, 0.2) is 0 Å². The Balaban J connectivity index is 1.74. The number of benzene rings is 2. The van der Waals surface area contributed by atoms with Gasteiger partial charge in [0.1, 0.15) is 17.1 Å². The van der Waals surface area contributed by atoms with Crippen molar-refractivity contribution in [1.29, 1.82) is 0 Å². The molecule has 3 aromatic rings. The Morgan fingerprint density at radius 1 is 0.722 bits per heavy atom. The van der Waals surface area contributed by atoms with Crippen molar-refractivity contribution in [2.45, 2.75) is 94.8 Å². The number of halogens is 11. The van der Waals surface area contributed by atoms with Crippen molar-refractivity contribution in [2.24, 2.45) is 16.9 Å². The molecule has 54 heavy (non-hydrogen) atoms. The molecule has 1 unspecified atom stereocenters. The van der Waals surface area contributed by atoms with Crippen LogP contribution in [0.2, 0.25) is 0 Å². The molecule has 19 heteroatoms. The van der Waals surface area contributed by atoms with E-state index in [0.29, 0.717) is 6.07 Å². The van der Waals surface area contributed by atoms with E-state index in [0.717, 1.165) is 37.4 Å². The molecule has 0 aliphatic carbocycles. The molecule has 0 spiro atoms. The van der Waals surface area contributed by atoms with E-state index >= 15 is 0 Å². The van der Waals surface area contributed by atoms with Crippen LogP contribution >= 0.6 is 0 Å². The van der Waals surface area contributed by atoms with Gasteiger partial charge in [-0.05, 0) is 77.4 Å². The van der Waals surface area contributed by atoms with Crippen LogP contribution in [0.25, 0.3) is 22.1 Å². The summed E-state index contributed by atoms with van der Waals surface area (Å²) in [6, 6.07) is 6.83. The molecular weight excluding hydrogens is 753 g/mol. The number of carbonyl (C=O) groups excluding carboxylic acids is 1. The van der Waals surface area contributed by atoms with Gasteiger partial charge in [0.05, 0.1) is 49.7 Å². The quantitative estimate of drug-likeness (QED) is 0.0840. The number of fused-ring (bicyclic) bond motifs is 1. The first-order valence-electron chi connectivity index (χ1n) is 16.0. The van der Waals surface area contributed by atoms with Crippen LogP contribution in [-0.2, 0) is 15.7 Å². The number of hydrogen-bond donors (Lipinski definition) is 2. The van der Waals surface area contributed by atoms with E-state index in [1.807, 2.05) is 0 Å². The average molecular weight is 793 g/mol. The number of carbonyl (C=O) groups is 1. The molecule has 1 aromatic heterocycles. The molecule has 4 N–H and O–H groups in total. The summed E-state index contributed by atoms with van der Waals surface area (Å²) in [6.07, 6.45) is -9.56. The minimum Gasteiger partial charge on any atom is -0.497 e. The van der Waals surface area contributed by atoms with E-state index in [-0.39, 0.29) is 23.1 Å². The van der Waals surface area contributed by atoms with E-state index in [9.17, 15) is 57.9 Å². The molecule has 0 bridgehead atoms. The minimum atomic E-state index is -6.66. The Kier molecular flexibility index (Phi) is 12.2. The molecule has 0 amide bonds. The van der Waals surface area contributed by atoms with Crippen LogP contribution < -0.4 is 26.6 Å². The second-order valence-corrected chi connectivity index (χ2v) is 14.3. The molecule has 0 fully saturated rings. The highest BCUT2D eigenvalue weighted by atomic mass is 19.4. The van der Waals surface area contributed by atoms with Crippen LogP contribution in [0.1, 0.15) is 59.4 Å². The first-order valence-corrected chi connectivity index (χ1v) is 16.0. The van der Waals surface area contributed by atoms with Crippen molar-refractivity contribution in [1.82, 2.24) is 0 Å². The van der Waals surface area contributed by atoms with Crippen molar-refractivity contribution < 1.29 is 71.7 Å². The van der Waals surface area contributed by atoms with Gasteiger partial charge in [0, 0.05) is 28.1 Å². The van der Waals surface area contributed by atoms with Crippen LogP contribution in [0.4, 0.5) is 48.3 Å². The SMILES string of the molecule is COc1ccc(-c2cc3ccc(OCCC(F)(F)C(F)(F)C(F)(F)C(F)(F)CCOC(=O)C(C)(CC(C)(C)N)C(C)(C)N)cc3oc2=O)c(C(F)(F)F)c1. The second-order valence-electron chi connectivity index (χ2n) is 14.3. The fraction of sp³-hybridized carbons (Fsp3) is 0.543. The Morgan fingerprint density at radius 2 is 1.26 bits per heavy atom. The number of methoxy groups -OCH3 is 1. The average Bonchev–Trinajstić information content (AvgIpc) is 3.01. The van der Waals surface area contributed by atoms with Crippen LogP contribution in [0.15, 0.2) is 51.7 Å². The van der Waals surface area contributed by atoms with Gasteiger partial charge in [-0.25, -0.2) is 4.79 Å². The maximum absolute atomic E-state index is 14.6. The Labute approximate surface area is 301 Å². The van der Waals surface area contributed by atoms with Gasteiger partial charge in [-0.2, -0.15) is 48.3 Å². The lowest BCUT2D eigenvalue weighted by Crippen LogP contribution is -2.62. The zero-order valence-corrected chi connectivity index (χ0v) is 29.8. The molecule has 1 heterocycles. The lowest BCUT2D eigenvalue weighted by Gasteiger charge is -2.43. The second kappa shape index (κ2) is 14.8. The van der Waals surface area contributed by atoms with Crippen LogP contribution in [-0.4, -0.2) is 61.1 Å². The monoisotopic (exact) mass is 792 g/mol. The summed E-state index contributed by atoms with van der Waals surface area (Å²) >= 11 is 0. The van der Waals surface area contributed by atoms with Crippen LogP contribution in [0.3, 0.4) is 0 Å².